The molecule has 1 fully saturated rings. The van der Waals surface area contributed by atoms with Gasteiger partial charge in [0.15, 0.2) is 0 Å². The maximum Gasteiger partial charge on any atom is 0.339 e. The largest absolute Gasteiger partial charge is 0.508 e. The Morgan fingerprint density at radius 3 is 1.55 bits per heavy atom. The van der Waals surface area contributed by atoms with E-state index in [9.17, 15) is 101 Å². The lowest BCUT2D eigenvalue weighted by molar-refractivity contribution is -0.185. The molecule has 2 unspecified atom stereocenters. The fourth-order valence-corrected chi connectivity index (χ4v) is 7.16. The first-order valence-electron chi connectivity index (χ1n) is 26.4. The van der Waals surface area contributed by atoms with Crippen LogP contribution in [0.15, 0.2) is 72.0 Å². The number of phenols is 1. The highest BCUT2D eigenvalue weighted by Gasteiger charge is 2.47. The molecule has 4 amide bonds. The van der Waals surface area contributed by atoms with Gasteiger partial charge in [0.1, 0.15) is 35.4 Å². The number of carbonyl (C=O) groups is 15. The molecule has 0 saturated carbocycles. The lowest BCUT2D eigenvalue weighted by Crippen LogP contribution is -2.61. The van der Waals surface area contributed by atoms with Crippen LogP contribution in [0.1, 0.15) is 83.0 Å². The number of aromatic carboxylic acids is 1. The average molecular weight is 1450 g/mol. The molecule has 4 rings (SSSR count). The van der Waals surface area contributed by atoms with Crippen LogP contribution in [-0.2, 0) is 99.6 Å². The van der Waals surface area contributed by atoms with Gasteiger partial charge in [0.2, 0.25) is 24.2 Å². The highest BCUT2D eigenvalue weighted by molar-refractivity contribution is 8.76. The molecule has 2 atom stereocenters. The maximum atomic E-state index is 11.4. The minimum atomic E-state index is -2.09. The standard InChI is InChI=1S/C8H12N2O3.C8H6O5.C6H7N3O3.C6H10O4S2.2C6H10O4.C4H5N3O3.C4H6O6.C4H4O4/c1-3-8(4-2)5(11)9-7(13)10-6(8)12;9-4-13-7-2-5(8(11)12)1-6(10)3-7;1-2-3-9-5(11)7-4(10)8-6(9)12;7-5-10-2-4-12-11-3-1-6(8)9;1-6(2,10-4-7)3-5(8)9;7-5-10-4-2-1-3-6(8)9;1-7-3(9)5-2(8)6-4(7)10;5-1-10-4(9)2(6)3(7)8;5-3-8-2-1-4(6)7/h3-4H2,1-2H3,(H2,9,10,11,12,13);1-4,10H,(H,11,12);2H,1,3H2,(H2,7,8,10,11,12);5H,1-4H2,(H,8,9);4H,3H2,1-2H3,(H,8,9);5H,1-4H2,(H,8,9);1H3,(H2,5,6,8,9,10);1-2,4,6,9H,(H,7,8);1-3H,(H,6,7)/b;;;;;;;;2-1+. The number of H-pyrrole nitrogens is 4. The van der Waals surface area contributed by atoms with Crippen molar-refractivity contribution in [3.05, 3.63) is 112 Å². The Bertz CT molecular complexity index is 3380. The van der Waals surface area contributed by atoms with Gasteiger partial charge in [0.25, 0.3) is 38.8 Å². The van der Waals surface area contributed by atoms with E-state index in [0.29, 0.717) is 69.4 Å². The fourth-order valence-electron chi connectivity index (χ4n) is 5.34. The van der Waals surface area contributed by atoms with E-state index in [1.54, 1.807) is 13.8 Å². The minimum absolute atomic E-state index is 0.00704. The van der Waals surface area contributed by atoms with E-state index in [-0.39, 0.29) is 68.8 Å². The van der Waals surface area contributed by atoms with Crippen LogP contribution in [0.2, 0.25) is 0 Å². The first kappa shape index (κ1) is 94.9. The summed E-state index contributed by atoms with van der Waals surface area (Å²) in [6.07, 6.45) is 0.899. The van der Waals surface area contributed by atoms with Gasteiger partial charge in [0, 0.05) is 31.0 Å². The highest BCUT2D eigenvalue weighted by Crippen LogP contribution is 2.28. The topological polar surface area (TPSA) is 693 Å². The predicted octanol–water partition coefficient (Wildman–Crippen LogP) is -3.52. The molecule has 1 aliphatic rings. The van der Waals surface area contributed by atoms with Gasteiger partial charge in [0.05, 0.1) is 37.6 Å². The van der Waals surface area contributed by atoms with Crippen molar-refractivity contribution >= 4 is 114 Å². The fraction of sp³-hybridized carbons (Fsp3) is 0.404. The number of aliphatic hydroxyl groups excluding tert-OH is 2. The molecular weight excluding hydrogens is 1380 g/mol. The first-order chi connectivity index (χ1) is 45.8. The number of carboxylic acid groups (broad SMARTS) is 6. The molecule has 0 aliphatic carbocycles. The minimum Gasteiger partial charge on any atom is -0.508 e. The summed E-state index contributed by atoms with van der Waals surface area (Å²) in [5.41, 5.74) is -6.58. The van der Waals surface area contributed by atoms with Crippen LogP contribution in [0.3, 0.4) is 0 Å². The van der Waals surface area contributed by atoms with Gasteiger partial charge in [-0.15, -0.1) is 6.58 Å². The molecule has 3 aromatic rings. The smallest absolute Gasteiger partial charge is 0.339 e. The van der Waals surface area contributed by atoms with Crippen molar-refractivity contribution < 1.29 is 146 Å². The Hall–Kier alpha value is -11.8. The number of hydrogen-bond acceptors (Lipinski definition) is 32. The summed E-state index contributed by atoms with van der Waals surface area (Å²) in [6, 6.07) is 2.60. The predicted molar refractivity (Wildman–Crippen MR) is 328 cm³/mol. The summed E-state index contributed by atoms with van der Waals surface area (Å²) < 4.78 is 26.8. The molecule has 546 valence electrons. The number of amides is 4. The molecule has 15 N–H and O–H groups in total. The number of carbonyl (C=O) groups excluding carboxylic acids is 9. The number of allylic oxidation sites excluding steroid dienone is 1. The van der Waals surface area contributed by atoms with Crippen molar-refractivity contribution in [3.8, 4) is 11.5 Å². The Labute approximate surface area is 556 Å². The monoisotopic (exact) mass is 1450 g/mol. The van der Waals surface area contributed by atoms with Crippen molar-refractivity contribution in [1.82, 2.24) is 39.7 Å². The second kappa shape index (κ2) is 55.6. The van der Waals surface area contributed by atoms with E-state index in [1.807, 2.05) is 19.9 Å². The number of carboxylic acids is 6. The van der Waals surface area contributed by atoms with E-state index < -0.39 is 111 Å². The molecule has 98 heavy (non-hydrogen) atoms. The Balaban J connectivity index is -0.000000332. The van der Waals surface area contributed by atoms with Gasteiger partial charge in [-0.1, -0.05) is 41.5 Å². The van der Waals surface area contributed by atoms with Crippen LogP contribution in [0.4, 0.5) is 4.79 Å². The van der Waals surface area contributed by atoms with Crippen molar-refractivity contribution in [2.24, 2.45) is 12.5 Å². The van der Waals surface area contributed by atoms with Crippen LogP contribution in [0.5, 0.6) is 11.5 Å². The number of urea groups is 1. The summed E-state index contributed by atoms with van der Waals surface area (Å²) in [6.45, 7) is 11.9. The van der Waals surface area contributed by atoms with Crippen LogP contribution in [-0.4, -0.2) is 210 Å². The number of phenolic OH excluding ortho intramolecular Hbond substituents is 1. The number of aromatic hydroxyl groups is 1. The summed E-state index contributed by atoms with van der Waals surface area (Å²) in [4.78, 5) is 222. The number of aliphatic carboxylic acids is 5. The summed E-state index contributed by atoms with van der Waals surface area (Å²) >= 11 is 0. The number of aromatic amines is 4. The van der Waals surface area contributed by atoms with Crippen LogP contribution in [0.25, 0.3) is 0 Å². The van der Waals surface area contributed by atoms with Crippen molar-refractivity contribution in [3.63, 3.8) is 0 Å². The summed E-state index contributed by atoms with van der Waals surface area (Å²) in [5, 5.41) is 79.1. The van der Waals surface area contributed by atoms with Crippen LogP contribution in [0, 0.1) is 5.41 Å². The zero-order valence-electron chi connectivity index (χ0n) is 52.0. The average Bonchev–Trinajstić information content (AvgIpc) is 0.795. The lowest BCUT2D eigenvalue weighted by Gasteiger charge is -2.31. The second-order valence-corrected chi connectivity index (χ2v) is 20.2. The number of imide groups is 2. The van der Waals surface area contributed by atoms with Crippen molar-refractivity contribution in [2.75, 3.05) is 24.7 Å². The molecule has 0 radical (unpaired) electrons. The number of rotatable bonds is 32. The number of barbiturate groups is 1. The number of aromatic nitrogens is 6. The summed E-state index contributed by atoms with van der Waals surface area (Å²) in [5.74, 6) is -6.57. The third-order valence-electron chi connectivity index (χ3n) is 9.96. The summed E-state index contributed by atoms with van der Waals surface area (Å²) in [7, 11) is 4.24. The molecule has 1 aliphatic heterocycles. The molecular formula is C52H70N8O36S2. The number of aliphatic hydroxyl groups is 2. The third-order valence-corrected chi connectivity index (χ3v) is 12.3. The number of unbranched alkanes of at least 4 members (excludes halogenated alkanes) is 1. The van der Waals surface area contributed by atoms with Gasteiger partial charge in [-0.2, -0.15) is 0 Å². The van der Waals surface area contributed by atoms with Gasteiger partial charge in [-0.3, -0.25) is 83.3 Å². The molecule has 1 saturated heterocycles. The number of benzene rings is 1. The van der Waals surface area contributed by atoms with Gasteiger partial charge in [-0.25, -0.2) is 57.1 Å². The Morgan fingerprint density at radius 2 is 1.14 bits per heavy atom. The van der Waals surface area contributed by atoms with Crippen molar-refractivity contribution in [2.45, 2.75) is 97.2 Å². The van der Waals surface area contributed by atoms with Crippen LogP contribution < -0.4 is 49.5 Å². The molecule has 1 aromatic carbocycles. The zero-order chi connectivity index (χ0) is 76.6. The highest BCUT2D eigenvalue weighted by atomic mass is 33.1. The van der Waals surface area contributed by atoms with Gasteiger partial charge in [-0.05, 0) is 51.7 Å². The molecule has 2 aromatic heterocycles. The second-order valence-electron chi connectivity index (χ2n) is 17.5. The SMILES string of the molecule is C=CCn1c(=O)[nH]c(=O)[nH]c1=O.CC(C)(CC(=O)O)OC=O.CCC1(CC)C(=O)NC(=O)NC1=O.Cn1c(=O)[nH]c(=O)[nH]c1=O.O=CO/C=C/C(=O)O.O=COC(O)C(O)C(=O)O.O=COCCCCC(=O)O.O=COCCSSCCC(=O)O.O=COc1cc(O)cc(C(=O)O)c1. The Kier molecular flexibility index (Phi) is 53.9. The van der Waals surface area contributed by atoms with E-state index >= 15 is 0 Å². The van der Waals surface area contributed by atoms with E-state index in [1.165, 1.54) is 48.6 Å². The number of nitrogens with zero attached hydrogens (tertiary/aromatic N) is 2. The van der Waals surface area contributed by atoms with E-state index in [0.717, 1.165) is 33.6 Å². The Morgan fingerprint density at radius 1 is 0.643 bits per heavy atom. The van der Waals surface area contributed by atoms with E-state index in [4.69, 9.17) is 46.0 Å². The van der Waals surface area contributed by atoms with Gasteiger partial charge < -0.3 is 74.4 Å². The zero-order valence-corrected chi connectivity index (χ0v) is 53.7. The molecule has 3 heterocycles. The molecule has 0 bridgehead atoms. The van der Waals surface area contributed by atoms with Crippen molar-refractivity contribution in [1.29, 1.82) is 0 Å². The number of hydrogen-bond donors (Lipinski definition) is 15. The molecule has 44 nitrogen and oxygen atoms in total. The third kappa shape index (κ3) is 48.9. The number of nitrogens with one attached hydrogen (secondary N) is 6. The van der Waals surface area contributed by atoms with Crippen LogP contribution >= 0.6 is 21.6 Å². The number of ether oxygens (including phenoxy) is 6. The first-order valence-corrected chi connectivity index (χ1v) is 28.9. The maximum absolute atomic E-state index is 11.4. The quantitative estimate of drug-likeness (QED) is 0.00332. The normalized spacial score (nSPS) is 11.6. The molecule has 46 heteroatoms. The van der Waals surface area contributed by atoms with Gasteiger partial charge >= 0.3 is 76.0 Å². The molecule has 0 spiro atoms. The van der Waals surface area contributed by atoms with E-state index in [2.05, 4.69) is 45.6 Å². The lowest BCUT2D eigenvalue weighted by atomic mass is 9.79.